The molecule has 0 unspecified atom stereocenters. The maximum atomic E-state index is 6.19. The van der Waals surface area contributed by atoms with E-state index < -0.39 is 0 Å². The highest BCUT2D eigenvalue weighted by molar-refractivity contribution is 5.50. The van der Waals surface area contributed by atoms with Crippen molar-refractivity contribution in [3.63, 3.8) is 0 Å². The van der Waals surface area contributed by atoms with Gasteiger partial charge in [-0.1, -0.05) is 12.1 Å². The van der Waals surface area contributed by atoms with E-state index in [9.17, 15) is 0 Å². The lowest BCUT2D eigenvalue weighted by molar-refractivity contribution is 0.253. The Hall–Kier alpha value is -1.02. The number of benzene rings is 1. The molecular formula is C11H16N2. The van der Waals surface area contributed by atoms with Crippen molar-refractivity contribution in [2.45, 2.75) is 31.7 Å². The van der Waals surface area contributed by atoms with Crippen LogP contribution in [-0.4, -0.2) is 0 Å². The van der Waals surface area contributed by atoms with Gasteiger partial charge >= 0.3 is 0 Å². The van der Waals surface area contributed by atoms with Crippen LogP contribution >= 0.6 is 0 Å². The predicted molar refractivity (Wildman–Crippen MR) is 55.3 cm³/mol. The van der Waals surface area contributed by atoms with E-state index in [0.29, 0.717) is 0 Å². The van der Waals surface area contributed by atoms with Crippen LogP contribution < -0.4 is 11.5 Å². The molecule has 1 aromatic rings. The van der Waals surface area contributed by atoms with Crippen LogP contribution in [0.1, 0.15) is 30.4 Å². The summed E-state index contributed by atoms with van der Waals surface area (Å²) >= 11 is 0. The van der Waals surface area contributed by atoms with Crippen molar-refractivity contribution in [3.05, 3.63) is 29.3 Å². The van der Waals surface area contributed by atoms with Gasteiger partial charge in [0.1, 0.15) is 0 Å². The number of nitrogen functional groups attached to an aromatic ring is 1. The Morgan fingerprint density at radius 2 is 2.00 bits per heavy atom. The summed E-state index contributed by atoms with van der Waals surface area (Å²) in [5.41, 5.74) is 15.1. The van der Waals surface area contributed by atoms with Crippen molar-refractivity contribution >= 4 is 5.69 Å². The minimum absolute atomic E-state index is 0.0815. The predicted octanol–water partition coefficient (Wildman–Crippen LogP) is 1.92. The maximum absolute atomic E-state index is 6.19. The molecule has 0 heterocycles. The molecule has 1 aliphatic rings. The molecule has 0 aromatic heterocycles. The summed E-state index contributed by atoms with van der Waals surface area (Å²) in [5.74, 6) is 0. The first-order valence-electron chi connectivity index (χ1n) is 4.77. The van der Waals surface area contributed by atoms with Gasteiger partial charge in [0, 0.05) is 11.2 Å². The van der Waals surface area contributed by atoms with Crippen molar-refractivity contribution in [2.24, 2.45) is 5.73 Å². The van der Waals surface area contributed by atoms with Gasteiger partial charge in [-0.2, -0.15) is 0 Å². The first kappa shape index (κ1) is 8.57. The van der Waals surface area contributed by atoms with E-state index in [1.807, 2.05) is 13.0 Å². The quantitative estimate of drug-likeness (QED) is 0.642. The fourth-order valence-corrected chi connectivity index (χ4v) is 1.80. The summed E-state index contributed by atoms with van der Waals surface area (Å²) in [6, 6.07) is 6.18. The van der Waals surface area contributed by atoms with E-state index in [1.54, 1.807) is 0 Å². The third-order valence-corrected chi connectivity index (χ3v) is 3.10. The molecule has 1 aliphatic carbocycles. The van der Waals surface area contributed by atoms with Crippen LogP contribution in [0.5, 0.6) is 0 Å². The van der Waals surface area contributed by atoms with Crippen molar-refractivity contribution in [1.82, 2.24) is 0 Å². The van der Waals surface area contributed by atoms with Gasteiger partial charge in [-0.3, -0.25) is 0 Å². The van der Waals surface area contributed by atoms with Crippen LogP contribution in [0.2, 0.25) is 0 Å². The lowest BCUT2D eigenvalue weighted by atomic mass is 9.72. The third-order valence-electron chi connectivity index (χ3n) is 3.10. The number of anilines is 1. The highest BCUT2D eigenvalue weighted by Gasteiger charge is 2.34. The Bertz CT molecular complexity index is 327. The molecule has 0 aliphatic heterocycles. The van der Waals surface area contributed by atoms with E-state index in [0.717, 1.165) is 24.1 Å². The highest BCUT2D eigenvalue weighted by Crippen LogP contribution is 2.39. The van der Waals surface area contributed by atoms with E-state index in [2.05, 4.69) is 12.1 Å². The summed E-state index contributed by atoms with van der Waals surface area (Å²) in [6.45, 7) is 2.02. The first-order valence-corrected chi connectivity index (χ1v) is 4.77. The van der Waals surface area contributed by atoms with E-state index in [1.165, 1.54) is 12.0 Å². The second kappa shape index (κ2) is 2.74. The zero-order chi connectivity index (χ0) is 9.47. The van der Waals surface area contributed by atoms with Crippen molar-refractivity contribution in [1.29, 1.82) is 0 Å². The smallest absolute Gasteiger partial charge is 0.0410 e. The molecule has 0 radical (unpaired) electrons. The number of rotatable bonds is 1. The molecule has 2 nitrogen and oxygen atoms in total. The molecule has 1 fully saturated rings. The van der Waals surface area contributed by atoms with Crippen molar-refractivity contribution in [2.75, 3.05) is 5.73 Å². The second-order valence-electron chi connectivity index (χ2n) is 4.08. The monoisotopic (exact) mass is 176 g/mol. The molecule has 0 saturated heterocycles. The summed E-state index contributed by atoms with van der Waals surface area (Å²) < 4.78 is 0. The maximum Gasteiger partial charge on any atom is 0.0410 e. The molecule has 13 heavy (non-hydrogen) atoms. The number of hydrogen-bond acceptors (Lipinski definition) is 2. The number of hydrogen-bond donors (Lipinski definition) is 2. The van der Waals surface area contributed by atoms with E-state index in [-0.39, 0.29) is 5.54 Å². The molecule has 4 N–H and O–H groups in total. The lowest BCUT2D eigenvalue weighted by Crippen LogP contribution is -2.43. The SMILES string of the molecule is Cc1ccc(C2(N)CCC2)cc1N. The number of aryl methyl sites for hydroxylation is 1. The first-order chi connectivity index (χ1) is 6.12. The topological polar surface area (TPSA) is 52.0 Å². The summed E-state index contributed by atoms with van der Waals surface area (Å²) in [5, 5.41) is 0. The Labute approximate surface area is 78.9 Å². The molecule has 70 valence electrons. The minimum Gasteiger partial charge on any atom is -0.399 e. The molecule has 2 heteroatoms. The van der Waals surface area contributed by atoms with Crippen LogP contribution in [0.15, 0.2) is 18.2 Å². The Morgan fingerprint density at radius 1 is 1.31 bits per heavy atom. The summed E-state index contributed by atoms with van der Waals surface area (Å²) in [4.78, 5) is 0. The molecular weight excluding hydrogens is 160 g/mol. The highest BCUT2D eigenvalue weighted by atomic mass is 14.8. The van der Waals surface area contributed by atoms with Gasteiger partial charge in [0.15, 0.2) is 0 Å². The van der Waals surface area contributed by atoms with Gasteiger partial charge in [0.05, 0.1) is 0 Å². The average molecular weight is 176 g/mol. The molecule has 0 spiro atoms. The molecule has 0 atom stereocenters. The minimum atomic E-state index is -0.0815. The van der Waals surface area contributed by atoms with Crippen LogP contribution in [0.4, 0.5) is 5.69 Å². The Kier molecular flexibility index (Phi) is 1.81. The van der Waals surface area contributed by atoms with Crippen molar-refractivity contribution in [3.8, 4) is 0 Å². The zero-order valence-corrected chi connectivity index (χ0v) is 8.01. The van der Waals surface area contributed by atoms with Crippen LogP contribution in [-0.2, 0) is 5.54 Å². The van der Waals surface area contributed by atoms with Gasteiger partial charge in [-0.15, -0.1) is 0 Å². The normalized spacial score (nSPS) is 19.5. The zero-order valence-electron chi connectivity index (χ0n) is 8.01. The van der Waals surface area contributed by atoms with Gasteiger partial charge < -0.3 is 11.5 Å². The molecule has 1 saturated carbocycles. The molecule has 2 rings (SSSR count). The average Bonchev–Trinajstić information content (AvgIpc) is 2.06. The Balaban J connectivity index is 2.36. The van der Waals surface area contributed by atoms with Crippen LogP contribution in [0, 0.1) is 6.92 Å². The largest absolute Gasteiger partial charge is 0.399 e. The van der Waals surface area contributed by atoms with Crippen molar-refractivity contribution < 1.29 is 0 Å². The van der Waals surface area contributed by atoms with Gasteiger partial charge in [-0.05, 0) is 43.4 Å². The van der Waals surface area contributed by atoms with E-state index >= 15 is 0 Å². The van der Waals surface area contributed by atoms with Crippen LogP contribution in [0.3, 0.4) is 0 Å². The second-order valence-corrected chi connectivity index (χ2v) is 4.08. The third kappa shape index (κ3) is 1.31. The van der Waals surface area contributed by atoms with Crippen LogP contribution in [0.25, 0.3) is 0 Å². The van der Waals surface area contributed by atoms with E-state index in [4.69, 9.17) is 11.5 Å². The standard InChI is InChI=1S/C11H16N2/c1-8-3-4-9(7-10(8)12)11(13)5-2-6-11/h3-4,7H,2,5-6,12-13H2,1H3. The molecule has 0 bridgehead atoms. The van der Waals surface area contributed by atoms with Gasteiger partial charge in [0.25, 0.3) is 0 Å². The molecule has 0 amide bonds. The summed E-state index contributed by atoms with van der Waals surface area (Å²) in [7, 11) is 0. The fraction of sp³-hybridized carbons (Fsp3) is 0.455. The lowest BCUT2D eigenvalue weighted by Gasteiger charge is -2.38. The summed E-state index contributed by atoms with van der Waals surface area (Å²) in [6.07, 6.45) is 3.43. The Morgan fingerprint density at radius 3 is 2.46 bits per heavy atom. The number of nitrogens with two attached hydrogens (primary N) is 2. The van der Waals surface area contributed by atoms with Gasteiger partial charge in [-0.25, -0.2) is 0 Å². The van der Waals surface area contributed by atoms with Gasteiger partial charge in [0.2, 0.25) is 0 Å². The fourth-order valence-electron chi connectivity index (χ4n) is 1.80. The molecule has 1 aromatic carbocycles.